The Hall–Kier alpha value is -1.43. The average molecular weight is 226 g/mol. The van der Waals surface area contributed by atoms with E-state index in [1.165, 1.54) is 18.9 Å². The molecule has 2 amide bonds. The fraction of sp³-hybridized carbons (Fsp3) is 0.700. The van der Waals surface area contributed by atoms with Crippen molar-refractivity contribution in [2.75, 3.05) is 0 Å². The van der Waals surface area contributed by atoms with Gasteiger partial charge < -0.3 is 0 Å². The van der Waals surface area contributed by atoms with Crippen LogP contribution in [0.4, 0.5) is 0 Å². The van der Waals surface area contributed by atoms with Gasteiger partial charge in [0.1, 0.15) is 5.66 Å². The SMILES string of the molecule is CCC1=NN(C(C)=O)[C@@](C)(NNC(C)=O)C1. The van der Waals surface area contributed by atoms with Gasteiger partial charge in [0.05, 0.1) is 0 Å². The number of rotatable bonds is 3. The van der Waals surface area contributed by atoms with Crippen LogP contribution in [0.15, 0.2) is 5.10 Å². The summed E-state index contributed by atoms with van der Waals surface area (Å²) in [6.07, 6.45) is 1.41. The van der Waals surface area contributed by atoms with Crippen LogP contribution in [0.5, 0.6) is 0 Å². The maximum atomic E-state index is 11.4. The van der Waals surface area contributed by atoms with E-state index in [2.05, 4.69) is 16.0 Å². The lowest BCUT2D eigenvalue weighted by atomic mass is 10.1. The summed E-state index contributed by atoms with van der Waals surface area (Å²) < 4.78 is 0. The monoisotopic (exact) mass is 226 g/mol. The highest BCUT2D eigenvalue weighted by molar-refractivity contribution is 5.90. The number of nitrogens with zero attached hydrogens (tertiary/aromatic N) is 2. The molecule has 1 aliphatic rings. The van der Waals surface area contributed by atoms with Gasteiger partial charge in [-0.25, -0.2) is 10.4 Å². The van der Waals surface area contributed by atoms with E-state index in [1.54, 1.807) is 0 Å². The summed E-state index contributed by atoms with van der Waals surface area (Å²) in [7, 11) is 0. The van der Waals surface area contributed by atoms with Crippen molar-refractivity contribution in [2.24, 2.45) is 5.10 Å². The van der Waals surface area contributed by atoms with Gasteiger partial charge in [0.2, 0.25) is 11.8 Å². The fourth-order valence-corrected chi connectivity index (χ4v) is 1.69. The first-order valence-corrected chi connectivity index (χ1v) is 5.30. The minimum absolute atomic E-state index is 0.149. The quantitative estimate of drug-likeness (QED) is 0.682. The molecular formula is C10H18N4O2. The van der Waals surface area contributed by atoms with Crippen molar-refractivity contribution in [1.82, 2.24) is 15.9 Å². The zero-order valence-electron chi connectivity index (χ0n) is 10.1. The van der Waals surface area contributed by atoms with Crippen LogP contribution in [0.25, 0.3) is 0 Å². The molecule has 0 saturated carbocycles. The van der Waals surface area contributed by atoms with Crippen LogP contribution in [0.3, 0.4) is 0 Å². The van der Waals surface area contributed by atoms with Gasteiger partial charge in [-0.3, -0.25) is 15.0 Å². The Balaban J connectivity index is 2.79. The standard InChI is InChI=1S/C10H18N4O2/c1-5-9-6-10(4,13-11-7(2)15)14(12-9)8(3)16/h13H,5-6H2,1-4H3,(H,11,15)/t10-/m1/s1. The van der Waals surface area contributed by atoms with E-state index in [1.807, 2.05) is 13.8 Å². The number of amides is 2. The zero-order chi connectivity index (χ0) is 12.3. The van der Waals surface area contributed by atoms with Crippen LogP contribution in [-0.2, 0) is 9.59 Å². The van der Waals surface area contributed by atoms with Gasteiger partial charge in [-0.1, -0.05) is 6.92 Å². The molecule has 90 valence electrons. The number of hydrogen-bond donors (Lipinski definition) is 2. The molecule has 0 aromatic rings. The van der Waals surface area contributed by atoms with Crippen LogP contribution < -0.4 is 10.9 Å². The van der Waals surface area contributed by atoms with E-state index >= 15 is 0 Å². The Bertz CT molecular complexity index is 340. The van der Waals surface area contributed by atoms with Crippen molar-refractivity contribution in [3.05, 3.63) is 0 Å². The number of hydrazone groups is 1. The second-order valence-electron chi connectivity index (χ2n) is 4.11. The van der Waals surface area contributed by atoms with Crippen LogP contribution in [0.1, 0.15) is 40.5 Å². The normalized spacial score (nSPS) is 24.2. The molecule has 16 heavy (non-hydrogen) atoms. The molecule has 0 unspecified atom stereocenters. The predicted molar refractivity (Wildman–Crippen MR) is 60.2 cm³/mol. The third kappa shape index (κ3) is 2.57. The maximum absolute atomic E-state index is 11.4. The topological polar surface area (TPSA) is 73.8 Å². The highest BCUT2D eigenvalue weighted by Crippen LogP contribution is 2.25. The summed E-state index contributed by atoms with van der Waals surface area (Å²) in [5, 5.41) is 5.60. The second kappa shape index (κ2) is 4.61. The number of carbonyl (C=O) groups excluding carboxylic acids is 2. The lowest BCUT2D eigenvalue weighted by molar-refractivity contribution is -0.136. The minimum Gasteiger partial charge on any atom is -0.290 e. The van der Waals surface area contributed by atoms with Crippen molar-refractivity contribution in [1.29, 1.82) is 0 Å². The van der Waals surface area contributed by atoms with E-state index in [-0.39, 0.29) is 11.8 Å². The molecule has 1 aliphatic heterocycles. The smallest absolute Gasteiger partial charge is 0.241 e. The van der Waals surface area contributed by atoms with Crippen molar-refractivity contribution >= 4 is 17.5 Å². The summed E-state index contributed by atoms with van der Waals surface area (Å²) in [5.74, 6) is -0.349. The summed E-state index contributed by atoms with van der Waals surface area (Å²) in [4.78, 5) is 22.3. The van der Waals surface area contributed by atoms with Crippen LogP contribution in [-0.4, -0.2) is 28.2 Å². The Morgan fingerprint density at radius 2 is 2.12 bits per heavy atom. The summed E-state index contributed by atoms with van der Waals surface area (Å²) in [5.41, 5.74) is 5.62. The van der Waals surface area contributed by atoms with Crippen molar-refractivity contribution in [2.45, 2.75) is 46.2 Å². The van der Waals surface area contributed by atoms with E-state index < -0.39 is 5.66 Å². The fourth-order valence-electron chi connectivity index (χ4n) is 1.69. The van der Waals surface area contributed by atoms with Gasteiger partial charge in [0.25, 0.3) is 0 Å². The van der Waals surface area contributed by atoms with Crippen molar-refractivity contribution in [3.8, 4) is 0 Å². The molecule has 0 spiro atoms. The van der Waals surface area contributed by atoms with Gasteiger partial charge in [-0.05, 0) is 13.3 Å². The highest BCUT2D eigenvalue weighted by atomic mass is 16.2. The van der Waals surface area contributed by atoms with Crippen LogP contribution in [0.2, 0.25) is 0 Å². The Kier molecular flexibility index (Phi) is 3.64. The van der Waals surface area contributed by atoms with Gasteiger partial charge >= 0.3 is 0 Å². The molecule has 6 heteroatoms. The first kappa shape index (κ1) is 12.6. The number of carbonyl (C=O) groups is 2. The molecule has 0 radical (unpaired) electrons. The molecule has 0 aromatic heterocycles. The molecule has 0 bridgehead atoms. The zero-order valence-corrected chi connectivity index (χ0v) is 10.1. The average Bonchev–Trinajstić information content (AvgIpc) is 2.54. The van der Waals surface area contributed by atoms with Crippen molar-refractivity contribution in [3.63, 3.8) is 0 Å². The molecule has 0 aliphatic carbocycles. The Morgan fingerprint density at radius 1 is 1.50 bits per heavy atom. The lowest BCUT2D eigenvalue weighted by Gasteiger charge is -2.32. The molecule has 0 fully saturated rings. The van der Waals surface area contributed by atoms with E-state index in [4.69, 9.17) is 0 Å². The molecule has 0 saturated heterocycles. The summed E-state index contributed by atoms with van der Waals surface area (Å²) >= 11 is 0. The lowest BCUT2D eigenvalue weighted by Crippen LogP contribution is -2.59. The Labute approximate surface area is 95.0 Å². The maximum Gasteiger partial charge on any atom is 0.241 e. The van der Waals surface area contributed by atoms with Gasteiger partial charge in [0.15, 0.2) is 0 Å². The number of nitrogens with one attached hydrogen (secondary N) is 2. The highest BCUT2D eigenvalue weighted by Gasteiger charge is 2.40. The number of hydrogen-bond acceptors (Lipinski definition) is 4. The minimum atomic E-state index is -0.664. The molecular weight excluding hydrogens is 208 g/mol. The predicted octanol–water partition coefficient (Wildman–Crippen LogP) is 0.362. The first-order valence-electron chi connectivity index (χ1n) is 5.30. The van der Waals surface area contributed by atoms with E-state index in [0.717, 1.165) is 12.1 Å². The molecule has 1 heterocycles. The summed E-state index contributed by atoms with van der Waals surface area (Å²) in [6.45, 7) is 6.68. The van der Waals surface area contributed by atoms with Gasteiger partial charge in [-0.15, -0.1) is 0 Å². The third-order valence-corrected chi connectivity index (χ3v) is 2.47. The van der Waals surface area contributed by atoms with Crippen LogP contribution >= 0.6 is 0 Å². The van der Waals surface area contributed by atoms with Gasteiger partial charge in [-0.2, -0.15) is 5.10 Å². The molecule has 0 aromatic carbocycles. The molecule has 2 N–H and O–H groups in total. The molecule has 1 atom stereocenters. The Morgan fingerprint density at radius 3 is 2.56 bits per heavy atom. The number of hydrazine groups is 1. The third-order valence-electron chi connectivity index (χ3n) is 2.47. The van der Waals surface area contributed by atoms with Crippen LogP contribution in [0, 0.1) is 0 Å². The molecule has 1 rings (SSSR count). The second-order valence-corrected chi connectivity index (χ2v) is 4.11. The first-order chi connectivity index (χ1) is 7.39. The van der Waals surface area contributed by atoms with Gasteiger partial charge in [0, 0.05) is 26.0 Å². The van der Waals surface area contributed by atoms with E-state index in [9.17, 15) is 9.59 Å². The summed E-state index contributed by atoms with van der Waals surface area (Å²) in [6, 6.07) is 0. The largest absolute Gasteiger partial charge is 0.290 e. The van der Waals surface area contributed by atoms with Crippen molar-refractivity contribution < 1.29 is 9.59 Å². The molecule has 6 nitrogen and oxygen atoms in total. The van der Waals surface area contributed by atoms with E-state index in [0.29, 0.717) is 6.42 Å².